The molecule has 0 radical (unpaired) electrons. The molecule has 1 N–H and O–H groups in total. The molecule has 2 aliphatic heterocycles. The molecule has 1 fully saturated rings. The van der Waals surface area contributed by atoms with E-state index in [9.17, 15) is 9.59 Å². The molecule has 0 spiro atoms. The highest BCUT2D eigenvalue weighted by Crippen LogP contribution is 2.41. The van der Waals surface area contributed by atoms with E-state index in [1.807, 2.05) is 58.3 Å². The van der Waals surface area contributed by atoms with E-state index >= 15 is 0 Å². The van der Waals surface area contributed by atoms with Gasteiger partial charge in [0.25, 0.3) is 5.91 Å². The van der Waals surface area contributed by atoms with Gasteiger partial charge in [-0.2, -0.15) is 0 Å². The molecular weight excluding hydrogens is 424 g/mol. The number of anilines is 2. The molecule has 34 heavy (non-hydrogen) atoms. The summed E-state index contributed by atoms with van der Waals surface area (Å²) < 4.78 is 0. The summed E-state index contributed by atoms with van der Waals surface area (Å²) in [5.41, 5.74) is 4.85. The Kier molecular flexibility index (Phi) is 6.05. The fourth-order valence-corrected chi connectivity index (χ4v) is 5.19. The van der Waals surface area contributed by atoms with Crippen LogP contribution in [-0.4, -0.2) is 40.8 Å². The van der Waals surface area contributed by atoms with Gasteiger partial charge in [0, 0.05) is 43.5 Å². The molecule has 2 aliphatic rings. The molecule has 2 unspecified atom stereocenters. The zero-order valence-corrected chi connectivity index (χ0v) is 19.7. The largest absolute Gasteiger partial charge is 0.363 e. The van der Waals surface area contributed by atoms with Gasteiger partial charge in [-0.25, -0.2) is 4.98 Å². The SMILES string of the molecule is CC(=O)N1c2ccc(-c3ccc(C(=O)N4CCCC4)cc3)cc2C(Nc2ccccn2)CC1C. The van der Waals surface area contributed by atoms with E-state index in [1.165, 1.54) is 0 Å². The van der Waals surface area contributed by atoms with Crippen LogP contribution in [0, 0.1) is 0 Å². The van der Waals surface area contributed by atoms with E-state index in [0.717, 1.165) is 66.1 Å². The maximum atomic E-state index is 12.7. The lowest BCUT2D eigenvalue weighted by atomic mass is 9.89. The number of hydrogen-bond donors (Lipinski definition) is 1. The monoisotopic (exact) mass is 454 g/mol. The number of nitrogens with zero attached hydrogens (tertiary/aromatic N) is 3. The quantitative estimate of drug-likeness (QED) is 0.582. The highest BCUT2D eigenvalue weighted by atomic mass is 16.2. The van der Waals surface area contributed by atoms with Crippen molar-refractivity contribution in [2.45, 2.75) is 45.2 Å². The molecule has 3 aromatic rings. The van der Waals surface area contributed by atoms with Gasteiger partial charge in [-0.15, -0.1) is 0 Å². The number of likely N-dealkylation sites (tertiary alicyclic amines) is 1. The number of nitrogens with one attached hydrogen (secondary N) is 1. The van der Waals surface area contributed by atoms with Gasteiger partial charge < -0.3 is 15.1 Å². The number of carbonyl (C=O) groups is 2. The molecule has 5 rings (SSSR count). The standard InChI is InChI=1S/C28H30N4O2/c1-19-17-25(30-27-7-3-4-14-29-27)24-18-23(12-13-26(24)32(19)20(2)33)21-8-10-22(11-9-21)28(34)31-15-5-6-16-31/h3-4,7-14,18-19,25H,5-6,15-17H2,1-2H3,(H,29,30). The van der Waals surface area contributed by atoms with E-state index in [0.29, 0.717) is 0 Å². The number of benzene rings is 2. The summed E-state index contributed by atoms with van der Waals surface area (Å²) >= 11 is 0. The Bertz CT molecular complexity index is 1190. The summed E-state index contributed by atoms with van der Waals surface area (Å²) in [5, 5.41) is 3.56. The van der Waals surface area contributed by atoms with Crippen LogP contribution in [0.25, 0.3) is 11.1 Å². The van der Waals surface area contributed by atoms with Crippen molar-refractivity contribution in [3.05, 3.63) is 78.0 Å². The second-order valence-electron chi connectivity index (χ2n) is 9.24. The first-order valence-corrected chi connectivity index (χ1v) is 12.0. The second kappa shape index (κ2) is 9.29. The van der Waals surface area contributed by atoms with Crippen molar-refractivity contribution < 1.29 is 9.59 Å². The van der Waals surface area contributed by atoms with Crippen molar-refractivity contribution >= 4 is 23.3 Å². The Morgan fingerprint density at radius 2 is 1.71 bits per heavy atom. The smallest absolute Gasteiger partial charge is 0.253 e. The van der Waals surface area contributed by atoms with Crippen molar-refractivity contribution in [3.8, 4) is 11.1 Å². The third-order valence-corrected chi connectivity index (χ3v) is 6.86. The summed E-state index contributed by atoms with van der Waals surface area (Å²) in [6, 6.07) is 20.1. The van der Waals surface area contributed by atoms with Crippen molar-refractivity contribution in [2.24, 2.45) is 0 Å². The molecule has 2 atom stereocenters. The summed E-state index contributed by atoms with van der Waals surface area (Å²) in [7, 11) is 0. The van der Waals surface area contributed by atoms with Crippen LogP contribution in [0.1, 0.15) is 55.1 Å². The molecule has 1 saturated heterocycles. The highest BCUT2D eigenvalue weighted by molar-refractivity contribution is 5.95. The van der Waals surface area contributed by atoms with Gasteiger partial charge in [0.15, 0.2) is 0 Å². The first-order valence-electron chi connectivity index (χ1n) is 12.0. The number of rotatable bonds is 4. The van der Waals surface area contributed by atoms with Crippen LogP contribution in [0.3, 0.4) is 0 Å². The van der Waals surface area contributed by atoms with E-state index in [-0.39, 0.29) is 23.9 Å². The van der Waals surface area contributed by atoms with E-state index < -0.39 is 0 Å². The van der Waals surface area contributed by atoms with Gasteiger partial charge >= 0.3 is 0 Å². The van der Waals surface area contributed by atoms with Gasteiger partial charge in [0.05, 0.1) is 6.04 Å². The Hall–Kier alpha value is -3.67. The normalized spacial score (nSPS) is 19.6. The van der Waals surface area contributed by atoms with Crippen LogP contribution in [0.15, 0.2) is 66.9 Å². The molecule has 3 heterocycles. The predicted molar refractivity (Wildman–Crippen MR) is 135 cm³/mol. The molecule has 0 aliphatic carbocycles. The Balaban J connectivity index is 1.47. The van der Waals surface area contributed by atoms with Crippen LogP contribution in [-0.2, 0) is 4.79 Å². The van der Waals surface area contributed by atoms with E-state index in [2.05, 4.69) is 29.4 Å². The van der Waals surface area contributed by atoms with Crippen LogP contribution in [0.5, 0.6) is 0 Å². The molecule has 0 bridgehead atoms. The number of fused-ring (bicyclic) bond motifs is 1. The molecule has 6 heteroatoms. The molecular formula is C28H30N4O2. The van der Waals surface area contributed by atoms with Gasteiger partial charge in [-0.3, -0.25) is 9.59 Å². The number of amides is 2. The minimum absolute atomic E-state index is 0.0338. The van der Waals surface area contributed by atoms with Gasteiger partial charge in [0.1, 0.15) is 5.82 Å². The maximum absolute atomic E-state index is 12.7. The van der Waals surface area contributed by atoms with Crippen molar-refractivity contribution in [1.82, 2.24) is 9.88 Å². The summed E-state index contributed by atoms with van der Waals surface area (Å²) in [6.45, 7) is 5.40. The minimum atomic E-state index is 0.0338. The Morgan fingerprint density at radius 1 is 0.971 bits per heavy atom. The fraction of sp³-hybridized carbons (Fsp3) is 0.321. The van der Waals surface area contributed by atoms with Crippen molar-refractivity contribution in [1.29, 1.82) is 0 Å². The van der Waals surface area contributed by atoms with Crippen LogP contribution in [0.4, 0.5) is 11.5 Å². The first kappa shape index (κ1) is 22.1. The molecule has 1 aromatic heterocycles. The lowest BCUT2D eigenvalue weighted by Gasteiger charge is -2.39. The minimum Gasteiger partial charge on any atom is -0.363 e. The Labute approximate surface area is 200 Å². The number of aromatic nitrogens is 1. The molecule has 2 amide bonds. The fourth-order valence-electron chi connectivity index (χ4n) is 5.19. The number of carbonyl (C=O) groups excluding carboxylic acids is 2. The maximum Gasteiger partial charge on any atom is 0.253 e. The molecule has 6 nitrogen and oxygen atoms in total. The van der Waals surface area contributed by atoms with Crippen LogP contribution < -0.4 is 10.2 Å². The van der Waals surface area contributed by atoms with Crippen molar-refractivity contribution in [3.63, 3.8) is 0 Å². The van der Waals surface area contributed by atoms with Crippen molar-refractivity contribution in [2.75, 3.05) is 23.3 Å². The van der Waals surface area contributed by atoms with E-state index in [1.54, 1.807) is 13.1 Å². The highest BCUT2D eigenvalue weighted by Gasteiger charge is 2.32. The van der Waals surface area contributed by atoms with Gasteiger partial charge in [-0.05, 0) is 79.3 Å². The topological polar surface area (TPSA) is 65.5 Å². The van der Waals surface area contributed by atoms with Crippen LogP contribution >= 0.6 is 0 Å². The molecule has 2 aromatic carbocycles. The van der Waals surface area contributed by atoms with Crippen LogP contribution in [0.2, 0.25) is 0 Å². The Morgan fingerprint density at radius 3 is 2.38 bits per heavy atom. The average Bonchev–Trinajstić information content (AvgIpc) is 3.39. The summed E-state index contributed by atoms with van der Waals surface area (Å²) in [4.78, 5) is 33.4. The number of hydrogen-bond acceptors (Lipinski definition) is 4. The zero-order valence-electron chi connectivity index (χ0n) is 19.7. The second-order valence-corrected chi connectivity index (χ2v) is 9.24. The summed E-state index contributed by atoms with van der Waals surface area (Å²) in [6.07, 6.45) is 4.74. The summed E-state index contributed by atoms with van der Waals surface area (Å²) in [5.74, 6) is 0.972. The van der Waals surface area contributed by atoms with Gasteiger partial charge in [-0.1, -0.05) is 24.3 Å². The third-order valence-electron chi connectivity index (χ3n) is 6.86. The zero-order chi connectivity index (χ0) is 23.7. The predicted octanol–water partition coefficient (Wildman–Crippen LogP) is 5.28. The third kappa shape index (κ3) is 4.28. The van der Waals surface area contributed by atoms with Gasteiger partial charge in [0.2, 0.25) is 5.91 Å². The van der Waals surface area contributed by atoms with E-state index in [4.69, 9.17) is 0 Å². The number of pyridine rings is 1. The lowest BCUT2D eigenvalue weighted by Crippen LogP contribution is -2.43. The lowest BCUT2D eigenvalue weighted by molar-refractivity contribution is -0.117. The first-order chi connectivity index (χ1) is 16.5. The average molecular weight is 455 g/mol. The molecule has 174 valence electrons. The molecule has 0 saturated carbocycles.